The third-order valence-electron chi connectivity index (χ3n) is 4.94. The standard InChI is InChI=1S/C20H35NO4Si/c1-16(22)21-18(15-24-14-17-10-8-7-9-11-17)19(23)12-13-25-26(5,6)20(2,3)4/h7-11,18-19,23H,12-15H2,1-6H3,(H,21,22)/t18-,19+/m1/s1. The Labute approximate surface area is 159 Å². The minimum absolute atomic E-state index is 0.133. The number of ether oxygens (including phenoxy) is 1. The summed E-state index contributed by atoms with van der Waals surface area (Å²) in [6.45, 7) is 13.6. The van der Waals surface area contributed by atoms with Gasteiger partial charge in [0.2, 0.25) is 5.91 Å². The molecule has 1 amide bonds. The Bertz CT molecular complexity index is 542. The van der Waals surface area contributed by atoms with Gasteiger partial charge in [0.05, 0.1) is 25.4 Å². The summed E-state index contributed by atoms with van der Waals surface area (Å²) >= 11 is 0. The van der Waals surface area contributed by atoms with Gasteiger partial charge >= 0.3 is 0 Å². The van der Waals surface area contributed by atoms with Gasteiger partial charge in [-0.2, -0.15) is 0 Å². The molecular weight excluding hydrogens is 346 g/mol. The number of benzene rings is 1. The summed E-state index contributed by atoms with van der Waals surface area (Å²) < 4.78 is 11.8. The number of rotatable bonds is 10. The average Bonchev–Trinajstić information content (AvgIpc) is 2.53. The molecule has 26 heavy (non-hydrogen) atoms. The van der Waals surface area contributed by atoms with Crippen molar-refractivity contribution >= 4 is 14.2 Å². The quantitative estimate of drug-likeness (QED) is 0.609. The van der Waals surface area contributed by atoms with Gasteiger partial charge < -0.3 is 19.6 Å². The van der Waals surface area contributed by atoms with Gasteiger partial charge in [-0.3, -0.25) is 4.79 Å². The molecule has 0 radical (unpaired) electrons. The molecule has 1 rings (SSSR count). The molecule has 0 spiro atoms. The average molecular weight is 382 g/mol. The van der Waals surface area contributed by atoms with Crippen molar-refractivity contribution in [3.8, 4) is 0 Å². The molecule has 0 aliphatic heterocycles. The number of aliphatic hydroxyl groups excluding tert-OH is 1. The van der Waals surface area contributed by atoms with Gasteiger partial charge in [0.25, 0.3) is 0 Å². The lowest BCUT2D eigenvalue weighted by molar-refractivity contribution is -0.121. The Balaban J connectivity index is 2.49. The second kappa shape index (κ2) is 10.2. The van der Waals surface area contributed by atoms with Crippen LogP contribution in [0.5, 0.6) is 0 Å². The van der Waals surface area contributed by atoms with E-state index in [2.05, 4.69) is 39.2 Å². The van der Waals surface area contributed by atoms with Crippen molar-refractivity contribution in [2.24, 2.45) is 0 Å². The van der Waals surface area contributed by atoms with Crippen molar-refractivity contribution in [3.63, 3.8) is 0 Å². The molecule has 0 fully saturated rings. The van der Waals surface area contributed by atoms with Crippen LogP contribution >= 0.6 is 0 Å². The Hall–Kier alpha value is -1.21. The van der Waals surface area contributed by atoms with E-state index in [1.54, 1.807) is 0 Å². The minimum atomic E-state index is -1.84. The lowest BCUT2D eigenvalue weighted by atomic mass is 10.1. The van der Waals surface area contributed by atoms with Crippen molar-refractivity contribution < 1.29 is 19.1 Å². The van der Waals surface area contributed by atoms with E-state index < -0.39 is 20.5 Å². The fraction of sp³-hybridized carbons (Fsp3) is 0.650. The van der Waals surface area contributed by atoms with Gasteiger partial charge in [-0.15, -0.1) is 0 Å². The summed E-state index contributed by atoms with van der Waals surface area (Å²) in [5.74, 6) is -0.178. The Morgan fingerprint density at radius 2 is 1.85 bits per heavy atom. The molecule has 0 heterocycles. The van der Waals surface area contributed by atoms with E-state index >= 15 is 0 Å². The summed E-state index contributed by atoms with van der Waals surface area (Å²) in [6.07, 6.45) is -0.244. The SMILES string of the molecule is CC(=O)N[C@H](COCc1ccccc1)[C@@H](O)CCO[Si](C)(C)C(C)(C)C. The summed E-state index contributed by atoms with van der Waals surface area (Å²) in [5, 5.41) is 13.4. The molecule has 0 unspecified atom stereocenters. The van der Waals surface area contributed by atoms with E-state index in [0.717, 1.165) is 5.56 Å². The zero-order valence-electron chi connectivity index (χ0n) is 17.0. The molecule has 5 nitrogen and oxygen atoms in total. The second-order valence-electron chi connectivity index (χ2n) is 8.27. The summed E-state index contributed by atoms with van der Waals surface area (Å²) in [4.78, 5) is 11.5. The predicted molar refractivity (Wildman–Crippen MR) is 107 cm³/mol. The highest BCUT2D eigenvalue weighted by Gasteiger charge is 2.37. The van der Waals surface area contributed by atoms with Gasteiger partial charge in [-0.1, -0.05) is 51.1 Å². The van der Waals surface area contributed by atoms with Crippen molar-refractivity contribution in [2.45, 2.75) is 71.0 Å². The van der Waals surface area contributed by atoms with Crippen molar-refractivity contribution in [1.29, 1.82) is 0 Å². The molecule has 148 valence electrons. The summed E-state index contributed by atoms with van der Waals surface area (Å²) in [7, 11) is -1.84. The van der Waals surface area contributed by atoms with E-state index in [-0.39, 0.29) is 17.6 Å². The molecule has 0 bridgehead atoms. The number of aliphatic hydroxyl groups is 1. The second-order valence-corrected chi connectivity index (χ2v) is 13.1. The molecule has 2 atom stereocenters. The van der Waals surface area contributed by atoms with Crippen LogP contribution in [0, 0.1) is 0 Å². The molecule has 1 aromatic carbocycles. The number of hydrogen-bond donors (Lipinski definition) is 2. The van der Waals surface area contributed by atoms with Crippen LogP contribution in [-0.4, -0.2) is 44.7 Å². The van der Waals surface area contributed by atoms with E-state index in [1.165, 1.54) is 6.92 Å². The maximum absolute atomic E-state index is 11.5. The molecule has 2 N–H and O–H groups in total. The first-order chi connectivity index (χ1) is 12.0. The molecular formula is C20H35NO4Si. The third-order valence-corrected chi connectivity index (χ3v) is 9.48. The van der Waals surface area contributed by atoms with Gasteiger partial charge in [-0.05, 0) is 30.1 Å². The first-order valence-corrected chi connectivity index (χ1v) is 12.1. The number of hydrogen-bond acceptors (Lipinski definition) is 4. The lowest BCUT2D eigenvalue weighted by Crippen LogP contribution is -2.47. The topological polar surface area (TPSA) is 67.8 Å². The number of nitrogens with one attached hydrogen (secondary N) is 1. The zero-order chi connectivity index (χ0) is 19.8. The summed E-state index contributed by atoms with van der Waals surface area (Å²) in [6, 6.07) is 9.39. The van der Waals surface area contributed by atoms with Gasteiger partial charge in [0, 0.05) is 13.5 Å². The van der Waals surface area contributed by atoms with Gasteiger partial charge in [-0.25, -0.2) is 0 Å². The highest BCUT2D eigenvalue weighted by molar-refractivity contribution is 6.74. The minimum Gasteiger partial charge on any atom is -0.417 e. The Morgan fingerprint density at radius 3 is 2.38 bits per heavy atom. The molecule has 0 saturated carbocycles. The van der Waals surface area contributed by atoms with Crippen LogP contribution in [0.15, 0.2) is 30.3 Å². The van der Waals surface area contributed by atoms with Gasteiger partial charge in [0.1, 0.15) is 0 Å². The fourth-order valence-corrected chi connectivity index (χ4v) is 3.30. The molecule has 0 aliphatic carbocycles. The number of carbonyl (C=O) groups excluding carboxylic acids is 1. The van der Waals surface area contributed by atoms with Crippen molar-refractivity contribution in [2.75, 3.05) is 13.2 Å². The number of carbonyl (C=O) groups is 1. The maximum atomic E-state index is 11.5. The van der Waals surface area contributed by atoms with Crippen LogP contribution in [0.1, 0.15) is 39.7 Å². The highest BCUT2D eigenvalue weighted by atomic mass is 28.4. The first-order valence-electron chi connectivity index (χ1n) is 9.24. The monoisotopic (exact) mass is 381 g/mol. The fourth-order valence-electron chi connectivity index (χ4n) is 2.24. The molecule has 1 aromatic rings. The van der Waals surface area contributed by atoms with Crippen molar-refractivity contribution in [3.05, 3.63) is 35.9 Å². The highest BCUT2D eigenvalue weighted by Crippen LogP contribution is 2.36. The van der Waals surface area contributed by atoms with Crippen LogP contribution in [0.4, 0.5) is 0 Å². The molecule has 0 aromatic heterocycles. The maximum Gasteiger partial charge on any atom is 0.217 e. The molecule has 0 aliphatic rings. The van der Waals surface area contributed by atoms with Crippen LogP contribution in [0.2, 0.25) is 18.1 Å². The zero-order valence-corrected chi connectivity index (χ0v) is 18.0. The van der Waals surface area contributed by atoms with E-state index in [9.17, 15) is 9.90 Å². The van der Waals surface area contributed by atoms with Crippen LogP contribution in [0.25, 0.3) is 0 Å². The predicted octanol–water partition coefficient (Wildman–Crippen LogP) is 3.48. The number of amides is 1. The largest absolute Gasteiger partial charge is 0.417 e. The first kappa shape index (κ1) is 22.8. The van der Waals surface area contributed by atoms with E-state index in [4.69, 9.17) is 9.16 Å². The molecule has 0 saturated heterocycles. The smallest absolute Gasteiger partial charge is 0.217 e. The van der Waals surface area contributed by atoms with Crippen LogP contribution in [0.3, 0.4) is 0 Å². The Morgan fingerprint density at radius 1 is 1.23 bits per heavy atom. The Kier molecular flexibility index (Phi) is 8.96. The third kappa shape index (κ3) is 7.99. The van der Waals surface area contributed by atoms with Crippen LogP contribution < -0.4 is 5.32 Å². The van der Waals surface area contributed by atoms with Gasteiger partial charge in [0.15, 0.2) is 8.32 Å². The molecule has 6 heteroatoms. The van der Waals surface area contributed by atoms with Crippen molar-refractivity contribution in [1.82, 2.24) is 5.32 Å². The van der Waals surface area contributed by atoms with Crippen LogP contribution in [-0.2, 0) is 20.6 Å². The normalized spacial score (nSPS) is 14.7. The summed E-state index contributed by atoms with van der Waals surface area (Å²) in [5.41, 5.74) is 1.06. The van der Waals surface area contributed by atoms with E-state index in [1.807, 2.05) is 30.3 Å². The lowest BCUT2D eigenvalue weighted by Gasteiger charge is -2.36. The van der Waals surface area contributed by atoms with E-state index in [0.29, 0.717) is 19.6 Å².